The van der Waals surface area contributed by atoms with Gasteiger partial charge in [0.05, 0.1) is 36.6 Å². The SMILES string of the molecule is Cn1cc(C(=O)NC(=O)CCO)c(Nc2ccc(C(=O)CCO)cc2F)cc1=O. The molecule has 0 unspecified atom stereocenters. The number of halogens is 1. The lowest BCUT2D eigenvalue weighted by atomic mass is 10.1. The third-order valence-electron chi connectivity index (χ3n) is 3.96. The maximum Gasteiger partial charge on any atom is 0.261 e. The summed E-state index contributed by atoms with van der Waals surface area (Å²) >= 11 is 0. The number of hydrogen-bond donors (Lipinski definition) is 4. The van der Waals surface area contributed by atoms with Gasteiger partial charge in [-0.2, -0.15) is 0 Å². The van der Waals surface area contributed by atoms with Gasteiger partial charge >= 0.3 is 0 Å². The Bertz CT molecular complexity index is 1000. The van der Waals surface area contributed by atoms with E-state index in [9.17, 15) is 23.6 Å². The number of aromatic nitrogens is 1. The molecule has 2 amide bonds. The molecule has 0 aliphatic carbocycles. The molecule has 29 heavy (non-hydrogen) atoms. The first-order valence-corrected chi connectivity index (χ1v) is 8.63. The highest BCUT2D eigenvalue weighted by molar-refractivity contribution is 6.08. The van der Waals surface area contributed by atoms with Crippen LogP contribution in [0.3, 0.4) is 0 Å². The van der Waals surface area contributed by atoms with Gasteiger partial charge in [-0.1, -0.05) is 0 Å². The molecule has 0 bridgehead atoms. The minimum atomic E-state index is -0.836. The Kier molecular flexibility index (Phi) is 7.34. The van der Waals surface area contributed by atoms with Crippen LogP contribution >= 0.6 is 0 Å². The van der Waals surface area contributed by atoms with E-state index in [1.807, 2.05) is 0 Å². The number of imide groups is 1. The fourth-order valence-corrected chi connectivity index (χ4v) is 2.45. The molecular formula is C19H20FN3O6. The van der Waals surface area contributed by atoms with Gasteiger partial charge in [0.15, 0.2) is 5.78 Å². The van der Waals surface area contributed by atoms with Gasteiger partial charge in [0.25, 0.3) is 11.5 Å². The van der Waals surface area contributed by atoms with Crippen LogP contribution in [0, 0.1) is 5.82 Å². The van der Waals surface area contributed by atoms with Crippen LogP contribution in [0.5, 0.6) is 0 Å². The van der Waals surface area contributed by atoms with Gasteiger partial charge in [0, 0.05) is 31.3 Å². The molecule has 0 aliphatic rings. The number of hydrogen-bond acceptors (Lipinski definition) is 7. The number of ketones is 1. The number of Topliss-reactive ketones (excluding diaryl/α,β-unsaturated/α-hetero) is 1. The first-order chi connectivity index (χ1) is 13.8. The van der Waals surface area contributed by atoms with E-state index < -0.39 is 35.6 Å². The van der Waals surface area contributed by atoms with Crippen LogP contribution in [0.15, 0.2) is 35.3 Å². The molecule has 0 spiro atoms. The smallest absolute Gasteiger partial charge is 0.261 e. The van der Waals surface area contributed by atoms with E-state index in [1.54, 1.807) is 0 Å². The van der Waals surface area contributed by atoms with Crippen LogP contribution in [0.4, 0.5) is 15.8 Å². The molecule has 0 saturated carbocycles. The summed E-state index contributed by atoms with van der Waals surface area (Å²) in [7, 11) is 1.40. The largest absolute Gasteiger partial charge is 0.396 e. The highest BCUT2D eigenvalue weighted by Crippen LogP contribution is 2.23. The molecule has 0 fully saturated rings. The first-order valence-electron chi connectivity index (χ1n) is 8.63. The van der Waals surface area contributed by atoms with Gasteiger partial charge in [-0.15, -0.1) is 0 Å². The number of anilines is 2. The minimum Gasteiger partial charge on any atom is -0.396 e. The van der Waals surface area contributed by atoms with E-state index in [0.717, 1.165) is 16.7 Å². The Morgan fingerprint density at radius 2 is 1.76 bits per heavy atom. The maximum absolute atomic E-state index is 14.4. The number of aliphatic hydroxyl groups is 2. The Morgan fingerprint density at radius 1 is 1.07 bits per heavy atom. The normalized spacial score (nSPS) is 10.5. The predicted molar refractivity (Wildman–Crippen MR) is 102 cm³/mol. The van der Waals surface area contributed by atoms with Crippen LogP contribution < -0.4 is 16.2 Å². The van der Waals surface area contributed by atoms with E-state index in [0.29, 0.717) is 0 Å². The van der Waals surface area contributed by atoms with Crippen LogP contribution in [-0.4, -0.2) is 45.6 Å². The van der Waals surface area contributed by atoms with Crippen molar-refractivity contribution in [2.45, 2.75) is 12.8 Å². The Labute approximate surface area is 164 Å². The van der Waals surface area contributed by atoms with E-state index in [2.05, 4.69) is 10.6 Å². The summed E-state index contributed by atoms with van der Waals surface area (Å²) in [6.07, 6.45) is 0.759. The lowest BCUT2D eigenvalue weighted by molar-refractivity contribution is -0.120. The second-order valence-electron chi connectivity index (χ2n) is 6.12. The molecule has 1 aromatic heterocycles. The van der Waals surface area contributed by atoms with E-state index >= 15 is 0 Å². The monoisotopic (exact) mass is 405 g/mol. The molecule has 1 aromatic carbocycles. The molecule has 0 radical (unpaired) electrons. The lowest BCUT2D eigenvalue weighted by Gasteiger charge is -2.14. The molecule has 154 valence electrons. The number of benzene rings is 1. The molecular weight excluding hydrogens is 385 g/mol. The second kappa shape index (κ2) is 9.71. The molecule has 4 N–H and O–H groups in total. The van der Waals surface area contributed by atoms with Crippen molar-refractivity contribution in [1.29, 1.82) is 0 Å². The van der Waals surface area contributed by atoms with Crippen LogP contribution in [0.1, 0.15) is 33.6 Å². The van der Waals surface area contributed by atoms with Crippen LogP contribution in [-0.2, 0) is 11.8 Å². The number of aliphatic hydroxyl groups excluding tert-OH is 2. The zero-order chi connectivity index (χ0) is 21.6. The van der Waals surface area contributed by atoms with Gasteiger partial charge in [-0.05, 0) is 18.2 Å². The summed E-state index contributed by atoms with van der Waals surface area (Å²) < 4.78 is 15.5. The van der Waals surface area contributed by atoms with Crippen molar-refractivity contribution in [2.24, 2.45) is 7.05 Å². The molecule has 9 nitrogen and oxygen atoms in total. The molecule has 0 atom stereocenters. The van der Waals surface area contributed by atoms with Gasteiger partial charge in [0.1, 0.15) is 5.82 Å². The standard InChI is InChI=1S/C19H20FN3O6/c1-23-10-12(19(29)22-17(27)5-7-25)15(9-18(23)28)21-14-3-2-11(8-13(14)20)16(26)4-6-24/h2-3,8-10,21,24-25H,4-7H2,1H3,(H,22,27,29). The molecule has 10 heteroatoms. The van der Waals surface area contributed by atoms with Crippen molar-refractivity contribution in [3.05, 3.63) is 57.8 Å². The first kappa shape index (κ1) is 21.9. The van der Waals surface area contributed by atoms with E-state index in [-0.39, 0.29) is 42.0 Å². The van der Waals surface area contributed by atoms with Gasteiger partial charge in [0.2, 0.25) is 5.91 Å². The number of carbonyl (C=O) groups excluding carboxylic acids is 3. The van der Waals surface area contributed by atoms with Crippen molar-refractivity contribution >= 4 is 29.0 Å². The Morgan fingerprint density at radius 3 is 2.38 bits per heavy atom. The average molecular weight is 405 g/mol. The van der Waals surface area contributed by atoms with Crippen molar-refractivity contribution in [3.63, 3.8) is 0 Å². The number of nitrogens with zero attached hydrogens (tertiary/aromatic N) is 1. The molecule has 0 aliphatic heterocycles. The number of carbonyl (C=O) groups is 3. The zero-order valence-electron chi connectivity index (χ0n) is 15.6. The second-order valence-corrected chi connectivity index (χ2v) is 6.12. The molecule has 2 rings (SSSR count). The van der Waals surface area contributed by atoms with Crippen molar-refractivity contribution < 1.29 is 29.0 Å². The number of nitrogens with one attached hydrogen (secondary N) is 2. The van der Waals surface area contributed by atoms with Gasteiger partial charge < -0.3 is 20.1 Å². The van der Waals surface area contributed by atoms with Gasteiger partial charge in [-0.25, -0.2) is 4.39 Å². The molecule has 1 heterocycles. The van der Waals surface area contributed by atoms with E-state index in [4.69, 9.17) is 10.2 Å². The van der Waals surface area contributed by atoms with Crippen LogP contribution in [0.2, 0.25) is 0 Å². The summed E-state index contributed by atoms with van der Waals surface area (Å²) in [5, 5.41) is 22.3. The highest BCUT2D eigenvalue weighted by atomic mass is 19.1. The summed E-state index contributed by atoms with van der Waals surface area (Å²) in [5.74, 6) is -2.79. The summed E-state index contributed by atoms with van der Waals surface area (Å²) in [6.45, 7) is -0.800. The topological polar surface area (TPSA) is 138 Å². The van der Waals surface area contributed by atoms with Crippen molar-refractivity contribution in [2.75, 3.05) is 18.5 Å². The summed E-state index contributed by atoms with van der Waals surface area (Å²) in [4.78, 5) is 47.7. The fourth-order valence-electron chi connectivity index (χ4n) is 2.45. The summed E-state index contributed by atoms with van der Waals surface area (Å²) in [6, 6.07) is 4.65. The maximum atomic E-state index is 14.4. The highest BCUT2D eigenvalue weighted by Gasteiger charge is 2.18. The number of pyridine rings is 1. The lowest BCUT2D eigenvalue weighted by Crippen LogP contribution is -2.32. The average Bonchev–Trinajstić information content (AvgIpc) is 2.66. The van der Waals surface area contributed by atoms with E-state index in [1.165, 1.54) is 25.4 Å². The zero-order valence-corrected chi connectivity index (χ0v) is 15.6. The van der Waals surface area contributed by atoms with Crippen molar-refractivity contribution in [1.82, 2.24) is 9.88 Å². The molecule has 0 saturated heterocycles. The van der Waals surface area contributed by atoms with Gasteiger partial charge in [-0.3, -0.25) is 24.5 Å². The Balaban J connectivity index is 2.36. The predicted octanol–water partition coefficient (Wildman–Crippen LogP) is 0.472. The Hall–Kier alpha value is -3.37. The number of amides is 2. The third-order valence-corrected chi connectivity index (χ3v) is 3.96. The summed E-state index contributed by atoms with van der Waals surface area (Å²) in [5.41, 5.74) is -0.664. The van der Waals surface area contributed by atoms with Crippen molar-refractivity contribution in [3.8, 4) is 0 Å². The number of rotatable bonds is 8. The quantitative estimate of drug-likeness (QED) is 0.469. The fraction of sp³-hybridized carbons (Fsp3) is 0.263. The van der Waals surface area contributed by atoms with Crippen LogP contribution in [0.25, 0.3) is 0 Å². The third kappa shape index (κ3) is 5.56. The molecule has 2 aromatic rings. The minimum absolute atomic E-state index is 0.0456. The number of aryl methyl sites for hydroxylation is 1.